The van der Waals surface area contributed by atoms with Gasteiger partial charge in [0.2, 0.25) is 0 Å². The first-order valence-electron chi connectivity index (χ1n) is 8.33. The van der Waals surface area contributed by atoms with Gasteiger partial charge in [0.05, 0.1) is 0 Å². The molecule has 2 nitrogen and oxygen atoms in total. The number of aryl methyl sites for hydroxylation is 2. The molecule has 25 heavy (non-hydrogen) atoms. The summed E-state index contributed by atoms with van der Waals surface area (Å²) >= 11 is 0. The molecular weight excluding hydrogens is 306 g/mol. The molecule has 0 atom stereocenters. The summed E-state index contributed by atoms with van der Waals surface area (Å²) in [5.41, 5.74) is 6.79. The fraction of sp³-hybridized carbons (Fsp3) is 0.0870. The van der Waals surface area contributed by atoms with Gasteiger partial charge >= 0.3 is 0 Å². The SMILES string of the molecule is Cc1ccc(N(c2ccc(C)cc2)c2ccc(/C=C/C=O)cc2)cc1. The molecule has 124 valence electrons. The van der Waals surface area contributed by atoms with Gasteiger partial charge in [0.25, 0.3) is 0 Å². The van der Waals surface area contributed by atoms with Crippen LogP contribution in [0.25, 0.3) is 6.08 Å². The summed E-state index contributed by atoms with van der Waals surface area (Å²) in [7, 11) is 0. The largest absolute Gasteiger partial charge is 0.311 e. The van der Waals surface area contributed by atoms with Crippen LogP contribution in [0.3, 0.4) is 0 Å². The van der Waals surface area contributed by atoms with Crippen LogP contribution in [0, 0.1) is 13.8 Å². The van der Waals surface area contributed by atoms with Crippen LogP contribution in [0.1, 0.15) is 16.7 Å². The van der Waals surface area contributed by atoms with Gasteiger partial charge in [-0.25, -0.2) is 0 Å². The van der Waals surface area contributed by atoms with Gasteiger partial charge in [-0.2, -0.15) is 0 Å². The Hall–Kier alpha value is -3.13. The van der Waals surface area contributed by atoms with E-state index >= 15 is 0 Å². The molecule has 0 saturated heterocycles. The number of nitrogens with zero attached hydrogens (tertiary/aromatic N) is 1. The summed E-state index contributed by atoms with van der Waals surface area (Å²) in [4.78, 5) is 12.7. The molecule has 0 aliphatic heterocycles. The van der Waals surface area contributed by atoms with E-state index in [-0.39, 0.29) is 0 Å². The van der Waals surface area contributed by atoms with Crippen LogP contribution < -0.4 is 4.90 Å². The second-order valence-corrected chi connectivity index (χ2v) is 6.09. The number of carbonyl (C=O) groups excluding carboxylic acids is 1. The van der Waals surface area contributed by atoms with Crippen LogP contribution in [-0.2, 0) is 4.79 Å². The van der Waals surface area contributed by atoms with Gasteiger partial charge in [0.15, 0.2) is 0 Å². The average Bonchev–Trinajstić information content (AvgIpc) is 2.64. The molecule has 3 aromatic carbocycles. The molecule has 0 N–H and O–H groups in total. The molecule has 0 saturated carbocycles. The number of allylic oxidation sites excluding steroid dienone is 1. The molecular formula is C23H21NO. The molecule has 0 fully saturated rings. The maximum atomic E-state index is 10.5. The Kier molecular flexibility index (Phi) is 5.10. The molecule has 0 radical (unpaired) electrons. The van der Waals surface area contributed by atoms with Crippen molar-refractivity contribution in [1.82, 2.24) is 0 Å². The third-order valence-corrected chi connectivity index (χ3v) is 4.10. The molecule has 0 aliphatic carbocycles. The van der Waals surface area contributed by atoms with E-state index in [0.29, 0.717) is 0 Å². The van der Waals surface area contributed by atoms with E-state index in [1.165, 1.54) is 17.2 Å². The van der Waals surface area contributed by atoms with Crippen molar-refractivity contribution in [3.05, 3.63) is 95.6 Å². The summed E-state index contributed by atoms with van der Waals surface area (Å²) in [6.07, 6.45) is 4.10. The highest BCUT2D eigenvalue weighted by Gasteiger charge is 2.11. The number of anilines is 3. The van der Waals surface area contributed by atoms with Crippen LogP contribution >= 0.6 is 0 Å². The Balaban J connectivity index is 2.04. The summed E-state index contributed by atoms with van der Waals surface area (Å²) in [6.45, 7) is 4.18. The van der Waals surface area contributed by atoms with Crippen molar-refractivity contribution in [2.45, 2.75) is 13.8 Å². The van der Waals surface area contributed by atoms with Gasteiger partial charge in [0, 0.05) is 17.1 Å². The maximum absolute atomic E-state index is 10.5. The van der Waals surface area contributed by atoms with Crippen molar-refractivity contribution in [2.24, 2.45) is 0 Å². The predicted octanol–water partition coefficient (Wildman–Crippen LogP) is 5.99. The topological polar surface area (TPSA) is 20.3 Å². The monoisotopic (exact) mass is 327 g/mol. The van der Waals surface area contributed by atoms with Crippen LogP contribution in [-0.4, -0.2) is 6.29 Å². The molecule has 0 amide bonds. The van der Waals surface area contributed by atoms with E-state index in [1.54, 1.807) is 6.08 Å². The summed E-state index contributed by atoms with van der Waals surface area (Å²) < 4.78 is 0. The number of hydrogen-bond acceptors (Lipinski definition) is 2. The number of aldehydes is 1. The average molecular weight is 327 g/mol. The van der Waals surface area contributed by atoms with E-state index in [9.17, 15) is 4.79 Å². The lowest BCUT2D eigenvalue weighted by molar-refractivity contribution is -0.104. The quantitative estimate of drug-likeness (QED) is 0.424. The first kappa shape index (κ1) is 16.7. The van der Waals surface area contributed by atoms with Gasteiger partial charge in [-0.1, -0.05) is 53.6 Å². The van der Waals surface area contributed by atoms with Crippen molar-refractivity contribution in [3.63, 3.8) is 0 Å². The lowest BCUT2D eigenvalue weighted by atomic mass is 10.1. The van der Waals surface area contributed by atoms with E-state index in [1.807, 2.05) is 12.1 Å². The molecule has 0 unspecified atom stereocenters. The maximum Gasteiger partial charge on any atom is 0.142 e. The molecule has 2 heteroatoms. The molecule has 3 rings (SSSR count). The van der Waals surface area contributed by atoms with Crippen LogP contribution in [0.4, 0.5) is 17.1 Å². The van der Waals surface area contributed by atoms with E-state index in [0.717, 1.165) is 28.9 Å². The van der Waals surface area contributed by atoms with Gasteiger partial charge < -0.3 is 4.90 Å². The summed E-state index contributed by atoms with van der Waals surface area (Å²) in [6, 6.07) is 25.2. The number of rotatable bonds is 5. The Morgan fingerprint density at radius 2 is 1.04 bits per heavy atom. The fourth-order valence-corrected chi connectivity index (χ4v) is 2.72. The lowest BCUT2D eigenvalue weighted by Crippen LogP contribution is -2.09. The zero-order chi connectivity index (χ0) is 17.6. The second-order valence-electron chi connectivity index (χ2n) is 6.09. The van der Waals surface area contributed by atoms with Crippen molar-refractivity contribution in [2.75, 3.05) is 4.90 Å². The lowest BCUT2D eigenvalue weighted by Gasteiger charge is -2.25. The number of carbonyl (C=O) groups is 1. The van der Waals surface area contributed by atoms with Gasteiger partial charge in [0.1, 0.15) is 6.29 Å². The summed E-state index contributed by atoms with van der Waals surface area (Å²) in [5.74, 6) is 0. The first-order chi connectivity index (χ1) is 12.2. The van der Waals surface area contributed by atoms with Gasteiger partial charge in [-0.05, 0) is 61.9 Å². The molecule has 0 spiro atoms. The first-order valence-corrected chi connectivity index (χ1v) is 8.33. The standard InChI is InChI=1S/C23H21NO/c1-18-5-11-21(12-6-18)24(22-13-7-19(2)8-14-22)23-15-9-20(10-16-23)4-3-17-25/h3-17H,1-2H3/b4-3+. The van der Waals surface area contributed by atoms with Gasteiger partial charge in [-0.15, -0.1) is 0 Å². The third-order valence-electron chi connectivity index (χ3n) is 4.10. The Labute approximate surface area is 149 Å². The number of benzene rings is 3. The Bertz CT molecular complexity index is 814. The van der Waals surface area contributed by atoms with Crippen molar-refractivity contribution in [1.29, 1.82) is 0 Å². The highest BCUT2D eigenvalue weighted by atomic mass is 16.1. The van der Waals surface area contributed by atoms with Crippen LogP contribution in [0.5, 0.6) is 0 Å². The van der Waals surface area contributed by atoms with E-state index < -0.39 is 0 Å². The highest BCUT2D eigenvalue weighted by Crippen LogP contribution is 2.34. The van der Waals surface area contributed by atoms with E-state index in [2.05, 4.69) is 79.4 Å². The molecule has 0 heterocycles. The van der Waals surface area contributed by atoms with E-state index in [4.69, 9.17) is 0 Å². The second kappa shape index (κ2) is 7.63. The predicted molar refractivity (Wildman–Crippen MR) is 106 cm³/mol. The Morgan fingerprint density at radius 3 is 1.44 bits per heavy atom. The Morgan fingerprint density at radius 1 is 0.640 bits per heavy atom. The van der Waals surface area contributed by atoms with Gasteiger partial charge in [-0.3, -0.25) is 4.79 Å². The van der Waals surface area contributed by atoms with Crippen molar-refractivity contribution < 1.29 is 4.79 Å². The van der Waals surface area contributed by atoms with Crippen molar-refractivity contribution >= 4 is 29.4 Å². The molecule has 0 aliphatic rings. The van der Waals surface area contributed by atoms with Crippen LogP contribution in [0.2, 0.25) is 0 Å². The minimum Gasteiger partial charge on any atom is -0.311 e. The zero-order valence-electron chi connectivity index (χ0n) is 14.5. The molecule has 3 aromatic rings. The smallest absolute Gasteiger partial charge is 0.142 e. The highest BCUT2D eigenvalue weighted by molar-refractivity contribution is 5.78. The van der Waals surface area contributed by atoms with Crippen LogP contribution in [0.15, 0.2) is 78.9 Å². The molecule has 0 bridgehead atoms. The number of hydrogen-bond donors (Lipinski definition) is 0. The minimum atomic E-state index is 0.790. The fourth-order valence-electron chi connectivity index (χ4n) is 2.72. The van der Waals surface area contributed by atoms with Crippen molar-refractivity contribution in [3.8, 4) is 0 Å². The summed E-state index contributed by atoms with van der Waals surface area (Å²) in [5, 5.41) is 0. The third kappa shape index (κ3) is 4.04. The normalized spacial score (nSPS) is 10.8. The molecule has 0 aromatic heterocycles. The minimum absolute atomic E-state index is 0.790. The zero-order valence-corrected chi connectivity index (χ0v) is 14.5.